The first-order valence-corrected chi connectivity index (χ1v) is 13.8. The topological polar surface area (TPSA) is 108 Å². The first kappa shape index (κ1) is 32.3. The number of carbonyl (C=O) groups excluding carboxylic acids is 3. The van der Waals surface area contributed by atoms with Crippen LogP contribution in [0.25, 0.3) is 0 Å². The maximum absolute atomic E-state index is 14.0. The van der Waals surface area contributed by atoms with Crippen molar-refractivity contribution in [1.82, 2.24) is 15.5 Å². The van der Waals surface area contributed by atoms with Gasteiger partial charge in [0.15, 0.2) is 0 Å². The summed E-state index contributed by atoms with van der Waals surface area (Å²) < 4.78 is 5.42. The number of hydrogen-bond acceptors (Lipinski definition) is 5. The molecule has 0 saturated carbocycles. The van der Waals surface area contributed by atoms with Crippen molar-refractivity contribution >= 4 is 17.9 Å². The Balaban J connectivity index is 3.37. The molecule has 0 aliphatic heterocycles. The molecule has 0 saturated heterocycles. The molecule has 8 nitrogen and oxygen atoms in total. The Hall–Kier alpha value is -2.77. The number of hydrogen-bond donors (Lipinski definition) is 3. The Labute approximate surface area is 223 Å². The maximum Gasteiger partial charge on any atom is 0.408 e. The molecule has 3 amide bonds. The molecule has 0 bridgehead atoms. The number of nitrogens with one attached hydrogen (secondary N) is 2. The third kappa shape index (κ3) is 11.9. The number of phenolic OH excluding ortho intramolecular Hbond substituents is 1. The molecular formula is C29H49N3O5. The molecule has 1 aromatic rings. The van der Waals surface area contributed by atoms with Crippen molar-refractivity contribution in [3.05, 3.63) is 29.8 Å². The average molecular weight is 520 g/mol. The molecule has 3 N–H and O–H groups in total. The van der Waals surface area contributed by atoms with E-state index in [0.29, 0.717) is 18.7 Å². The summed E-state index contributed by atoms with van der Waals surface area (Å²) in [7, 11) is 0. The van der Waals surface area contributed by atoms with E-state index in [1.165, 1.54) is 12.1 Å². The molecule has 0 radical (unpaired) electrons. The van der Waals surface area contributed by atoms with Gasteiger partial charge in [0, 0.05) is 13.1 Å². The first-order chi connectivity index (χ1) is 17.4. The zero-order valence-corrected chi connectivity index (χ0v) is 23.9. The van der Waals surface area contributed by atoms with Crippen LogP contribution < -0.4 is 10.6 Å². The second-order valence-corrected chi connectivity index (χ2v) is 11.0. The Morgan fingerprint density at radius 3 is 2.08 bits per heavy atom. The number of ether oxygens (including phenoxy) is 1. The van der Waals surface area contributed by atoms with E-state index >= 15 is 0 Å². The van der Waals surface area contributed by atoms with E-state index in [4.69, 9.17) is 4.74 Å². The normalized spacial score (nSPS) is 13.1. The molecular weight excluding hydrogens is 470 g/mol. The van der Waals surface area contributed by atoms with Crippen LogP contribution >= 0.6 is 0 Å². The number of carbonyl (C=O) groups is 3. The summed E-state index contributed by atoms with van der Waals surface area (Å²) in [6.45, 7) is 14.1. The summed E-state index contributed by atoms with van der Waals surface area (Å²) in [6.07, 6.45) is 5.94. The molecule has 8 heteroatoms. The highest BCUT2D eigenvalue weighted by atomic mass is 16.6. The summed E-state index contributed by atoms with van der Waals surface area (Å²) in [5.41, 5.74) is -0.101. The Morgan fingerprint density at radius 2 is 1.54 bits per heavy atom. The van der Waals surface area contributed by atoms with Gasteiger partial charge in [-0.1, -0.05) is 71.9 Å². The van der Waals surface area contributed by atoms with Crippen molar-refractivity contribution in [3.63, 3.8) is 0 Å². The quantitative estimate of drug-likeness (QED) is 0.258. The third-order valence-electron chi connectivity index (χ3n) is 5.99. The van der Waals surface area contributed by atoms with Crippen molar-refractivity contribution in [2.24, 2.45) is 5.92 Å². The van der Waals surface area contributed by atoms with Gasteiger partial charge in [-0.2, -0.15) is 0 Å². The number of unbranched alkanes of at least 4 members (excludes halogenated alkanes) is 5. The molecule has 0 fully saturated rings. The minimum absolute atomic E-state index is 0.0818. The molecule has 0 spiro atoms. The molecule has 0 heterocycles. The molecule has 1 rings (SSSR count). The van der Waals surface area contributed by atoms with E-state index in [1.54, 1.807) is 37.8 Å². The molecule has 0 aromatic heterocycles. The van der Waals surface area contributed by atoms with Crippen molar-refractivity contribution in [2.75, 3.05) is 13.1 Å². The minimum atomic E-state index is -0.891. The van der Waals surface area contributed by atoms with Crippen molar-refractivity contribution in [1.29, 1.82) is 0 Å². The monoisotopic (exact) mass is 519 g/mol. The number of nitrogens with zero attached hydrogens (tertiary/aromatic N) is 1. The van der Waals surface area contributed by atoms with E-state index in [2.05, 4.69) is 24.5 Å². The fraction of sp³-hybridized carbons (Fsp3) is 0.690. The average Bonchev–Trinajstić information content (AvgIpc) is 2.81. The van der Waals surface area contributed by atoms with Gasteiger partial charge in [0.2, 0.25) is 11.8 Å². The van der Waals surface area contributed by atoms with E-state index in [1.807, 2.05) is 13.8 Å². The summed E-state index contributed by atoms with van der Waals surface area (Å²) in [5.74, 6) is -0.755. The van der Waals surface area contributed by atoms with Crippen molar-refractivity contribution in [2.45, 2.75) is 111 Å². The third-order valence-corrected chi connectivity index (χ3v) is 5.99. The van der Waals surface area contributed by atoms with Gasteiger partial charge < -0.3 is 25.4 Å². The number of phenols is 1. The van der Waals surface area contributed by atoms with Gasteiger partial charge in [-0.15, -0.1) is 0 Å². The predicted octanol–water partition coefficient (Wildman–Crippen LogP) is 5.70. The SMILES string of the molecule is CCCCCCN(C(=O)C(NC(=O)OC(C)(C)C)C(C)C)C(C(=O)NCCCCC)c1ccc(O)cc1. The van der Waals surface area contributed by atoms with Crippen LogP contribution in [0.2, 0.25) is 0 Å². The molecule has 1 aromatic carbocycles. The lowest BCUT2D eigenvalue weighted by atomic mass is 9.98. The molecule has 210 valence electrons. The molecule has 37 heavy (non-hydrogen) atoms. The van der Waals surface area contributed by atoms with Gasteiger partial charge >= 0.3 is 6.09 Å². The highest BCUT2D eigenvalue weighted by Gasteiger charge is 2.37. The van der Waals surface area contributed by atoms with Crippen LogP contribution in [-0.2, 0) is 14.3 Å². The van der Waals surface area contributed by atoms with Crippen LogP contribution in [0, 0.1) is 5.92 Å². The fourth-order valence-corrected chi connectivity index (χ4v) is 4.01. The number of rotatable bonds is 15. The van der Waals surface area contributed by atoms with Gasteiger partial charge in [0.25, 0.3) is 0 Å². The van der Waals surface area contributed by atoms with Crippen LogP contribution in [0.5, 0.6) is 5.75 Å². The van der Waals surface area contributed by atoms with Gasteiger partial charge in [-0.05, 0) is 57.2 Å². The highest BCUT2D eigenvalue weighted by Crippen LogP contribution is 2.26. The predicted molar refractivity (Wildman–Crippen MR) is 147 cm³/mol. The largest absolute Gasteiger partial charge is 0.508 e. The van der Waals surface area contributed by atoms with Crippen molar-refractivity contribution < 1.29 is 24.2 Å². The van der Waals surface area contributed by atoms with Crippen LogP contribution in [0.3, 0.4) is 0 Å². The molecule has 0 aliphatic rings. The Morgan fingerprint density at radius 1 is 0.946 bits per heavy atom. The Kier molecular flexibility index (Phi) is 14.1. The first-order valence-electron chi connectivity index (χ1n) is 13.8. The van der Waals surface area contributed by atoms with Gasteiger partial charge in [0.05, 0.1) is 0 Å². The van der Waals surface area contributed by atoms with Gasteiger partial charge in [0.1, 0.15) is 23.4 Å². The van der Waals surface area contributed by atoms with Crippen LogP contribution in [0.4, 0.5) is 4.79 Å². The lowest BCUT2D eigenvalue weighted by Crippen LogP contribution is -2.55. The van der Waals surface area contributed by atoms with E-state index < -0.39 is 23.8 Å². The summed E-state index contributed by atoms with van der Waals surface area (Å²) in [4.78, 5) is 41.8. The van der Waals surface area contributed by atoms with E-state index in [-0.39, 0.29) is 23.5 Å². The summed E-state index contributed by atoms with van der Waals surface area (Å²) in [6, 6.07) is 4.62. The van der Waals surface area contributed by atoms with Crippen molar-refractivity contribution in [3.8, 4) is 5.75 Å². The van der Waals surface area contributed by atoms with E-state index in [9.17, 15) is 19.5 Å². The molecule has 2 atom stereocenters. The number of aromatic hydroxyl groups is 1. The van der Waals surface area contributed by atoms with Gasteiger partial charge in [-0.3, -0.25) is 9.59 Å². The summed E-state index contributed by atoms with van der Waals surface area (Å²) in [5, 5.41) is 15.6. The number of amides is 3. The second-order valence-electron chi connectivity index (χ2n) is 11.0. The standard InChI is InChI=1S/C29H49N3O5/c1-8-10-12-14-20-32(27(35)24(21(3)4)31-28(36)37-29(5,6)7)25(22-15-17-23(33)18-16-22)26(34)30-19-13-11-9-2/h15-18,21,24-25,33H,8-14,19-20H2,1-7H3,(H,30,34)(H,31,36). The second kappa shape index (κ2) is 16.2. The lowest BCUT2D eigenvalue weighted by molar-refractivity contribution is -0.143. The minimum Gasteiger partial charge on any atom is -0.508 e. The molecule has 0 aliphatic carbocycles. The highest BCUT2D eigenvalue weighted by molar-refractivity contribution is 5.92. The fourth-order valence-electron chi connectivity index (χ4n) is 4.01. The number of benzene rings is 1. The maximum atomic E-state index is 14.0. The smallest absolute Gasteiger partial charge is 0.408 e. The van der Waals surface area contributed by atoms with E-state index in [0.717, 1.165) is 44.9 Å². The van der Waals surface area contributed by atoms with Gasteiger partial charge in [-0.25, -0.2) is 4.79 Å². The van der Waals surface area contributed by atoms with Crippen LogP contribution in [0.1, 0.15) is 105 Å². The Bertz CT molecular complexity index is 833. The zero-order valence-electron chi connectivity index (χ0n) is 23.9. The van der Waals surface area contributed by atoms with Crippen LogP contribution in [-0.4, -0.2) is 52.6 Å². The zero-order chi connectivity index (χ0) is 28.0. The molecule has 2 unspecified atom stereocenters. The summed E-state index contributed by atoms with van der Waals surface area (Å²) >= 11 is 0. The lowest BCUT2D eigenvalue weighted by Gasteiger charge is -2.35. The van der Waals surface area contributed by atoms with Crippen LogP contribution in [0.15, 0.2) is 24.3 Å². The number of alkyl carbamates (subject to hydrolysis) is 1.